The Kier molecular flexibility index (Phi) is 2.68. The van der Waals surface area contributed by atoms with Gasteiger partial charge in [0.2, 0.25) is 0 Å². The van der Waals surface area contributed by atoms with Gasteiger partial charge in [-0.05, 0) is 13.8 Å². The lowest BCUT2D eigenvalue weighted by molar-refractivity contribution is 0.536. The Morgan fingerprint density at radius 2 is 2.47 bits per heavy atom. The van der Waals surface area contributed by atoms with E-state index in [2.05, 4.69) is 34.4 Å². The van der Waals surface area contributed by atoms with E-state index in [1.165, 1.54) is 0 Å². The predicted octanol–water partition coefficient (Wildman–Crippen LogP) is 0.786. The molecule has 15 heavy (non-hydrogen) atoms. The number of aryl methyl sites for hydroxylation is 1. The maximum Gasteiger partial charge on any atom is 0.157 e. The topological polar surface area (TPSA) is 55.1 Å². The molecule has 1 fully saturated rings. The Morgan fingerprint density at radius 3 is 3.00 bits per heavy atom. The summed E-state index contributed by atoms with van der Waals surface area (Å²) in [5, 5.41) is 12.2. The quantitative estimate of drug-likeness (QED) is 0.808. The lowest BCUT2D eigenvalue weighted by Gasteiger charge is -2.15. The Morgan fingerprint density at radius 1 is 1.67 bits per heavy atom. The number of amidine groups is 1. The summed E-state index contributed by atoms with van der Waals surface area (Å²) >= 11 is 1.76. The third-order valence-corrected chi connectivity index (χ3v) is 3.55. The van der Waals surface area contributed by atoms with Gasteiger partial charge in [-0.2, -0.15) is 0 Å². The van der Waals surface area contributed by atoms with Gasteiger partial charge in [-0.15, -0.1) is 10.2 Å². The first kappa shape index (κ1) is 10.5. The summed E-state index contributed by atoms with van der Waals surface area (Å²) in [5.74, 6) is 1.94. The number of aliphatic imine (C=N–C) groups is 1. The van der Waals surface area contributed by atoms with E-state index >= 15 is 0 Å². The molecule has 6 heteroatoms. The molecule has 1 saturated heterocycles. The molecule has 2 rings (SSSR count). The van der Waals surface area contributed by atoms with Crippen LogP contribution >= 0.6 is 11.8 Å². The summed E-state index contributed by atoms with van der Waals surface area (Å²) < 4.78 is 1.88. The number of hydrogen-bond donors (Lipinski definition) is 1. The second kappa shape index (κ2) is 3.84. The molecule has 0 amide bonds. The molecule has 0 atom stereocenters. The van der Waals surface area contributed by atoms with Crippen LogP contribution < -0.4 is 5.32 Å². The van der Waals surface area contributed by atoms with Gasteiger partial charge in [0.15, 0.2) is 11.0 Å². The summed E-state index contributed by atoms with van der Waals surface area (Å²) in [6, 6.07) is 0. The van der Waals surface area contributed by atoms with Crippen LogP contribution in [0.3, 0.4) is 0 Å². The molecule has 0 saturated carbocycles. The van der Waals surface area contributed by atoms with Gasteiger partial charge in [0.1, 0.15) is 12.9 Å². The zero-order chi connectivity index (χ0) is 10.9. The molecule has 5 nitrogen and oxygen atoms in total. The first-order valence-corrected chi connectivity index (χ1v) is 5.84. The number of nitrogens with zero attached hydrogens (tertiary/aromatic N) is 4. The average molecular weight is 225 g/mol. The molecule has 1 aliphatic rings. The second-order valence-corrected chi connectivity index (χ2v) is 5.24. The monoisotopic (exact) mass is 225 g/mol. The molecule has 0 aromatic carbocycles. The molecular weight excluding hydrogens is 210 g/mol. The Hall–Kier alpha value is -1.04. The average Bonchev–Trinajstić information content (AvgIpc) is 2.69. The summed E-state index contributed by atoms with van der Waals surface area (Å²) in [6.07, 6.45) is 1.69. The first-order valence-electron chi connectivity index (χ1n) is 4.85. The zero-order valence-electron chi connectivity index (χ0n) is 9.19. The van der Waals surface area contributed by atoms with E-state index < -0.39 is 0 Å². The Bertz CT molecular complexity index is 382. The van der Waals surface area contributed by atoms with Crippen molar-refractivity contribution in [2.75, 3.05) is 5.75 Å². The number of nitrogens with one attached hydrogen (secondary N) is 1. The fourth-order valence-corrected chi connectivity index (χ4v) is 2.36. The minimum Gasteiger partial charge on any atom is -0.359 e. The highest BCUT2D eigenvalue weighted by atomic mass is 32.2. The zero-order valence-corrected chi connectivity index (χ0v) is 10.0. The molecular formula is C9H15N5S. The molecule has 0 radical (unpaired) electrons. The van der Waals surface area contributed by atoms with E-state index in [1.807, 2.05) is 11.6 Å². The summed E-state index contributed by atoms with van der Waals surface area (Å²) in [4.78, 5) is 4.47. The van der Waals surface area contributed by atoms with Crippen LogP contribution in [0.2, 0.25) is 0 Å². The minimum absolute atomic E-state index is 0.156. The van der Waals surface area contributed by atoms with Crippen molar-refractivity contribution < 1.29 is 0 Å². The van der Waals surface area contributed by atoms with Crippen LogP contribution in [-0.4, -0.2) is 31.2 Å². The van der Waals surface area contributed by atoms with Crippen molar-refractivity contribution >= 4 is 16.9 Å². The van der Waals surface area contributed by atoms with Crippen molar-refractivity contribution in [3.05, 3.63) is 12.2 Å². The van der Waals surface area contributed by atoms with Gasteiger partial charge >= 0.3 is 0 Å². The lowest BCUT2D eigenvalue weighted by atomic mass is 10.1. The van der Waals surface area contributed by atoms with Crippen molar-refractivity contribution in [1.82, 2.24) is 20.1 Å². The van der Waals surface area contributed by atoms with E-state index in [0.29, 0.717) is 6.54 Å². The Balaban J connectivity index is 1.99. The molecule has 2 heterocycles. The predicted molar refractivity (Wildman–Crippen MR) is 61.8 cm³/mol. The van der Waals surface area contributed by atoms with E-state index in [-0.39, 0.29) is 5.54 Å². The highest BCUT2D eigenvalue weighted by molar-refractivity contribution is 8.14. The van der Waals surface area contributed by atoms with Crippen LogP contribution in [0, 0.1) is 0 Å². The van der Waals surface area contributed by atoms with Gasteiger partial charge in [0.05, 0.1) is 0 Å². The van der Waals surface area contributed by atoms with E-state index in [4.69, 9.17) is 0 Å². The number of aromatic nitrogens is 3. The maximum atomic E-state index is 4.47. The number of thioether (sulfide) groups is 1. The van der Waals surface area contributed by atoms with Crippen LogP contribution in [0.1, 0.15) is 19.7 Å². The fourth-order valence-electron chi connectivity index (χ4n) is 1.29. The first-order chi connectivity index (χ1) is 7.07. The van der Waals surface area contributed by atoms with Crippen LogP contribution in [0.25, 0.3) is 0 Å². The normalized spacial score (nSPS) is 21.9. The van der Waals surface area contributed by atoms with Gasteiger partial charge < -0.3 is 9.88 Å². The second-order valence-electron chi connectivity index (χ2n) is 4.28. The molecule has 0 bridgehead atoms. The molecule has 1 aliphatic heterocycles. The van der Waals surface area contributed by atoms with E-state index in [0.717, 1.165) is 16.7 Å². The van der Waals surface area contributed by atoms with Crippen molar-refractivity contribution in [2.24, 2.45) is 12.0 Å². The fraction of sp³-hybridized carbons (Fsp3) is 0.667. The molecule has 1 aromatic rings. The van der Waals surface area contributed by atoms with Crippen molar-refractivity contribution in [3.8, 4) is 0 Å². The molecule has 0 aliphatic carbocycles. The van der Waals surface area contributed by atoms with E-state index in [9.17, 15) is 0 Å². The van der Waals surface area contributed by atoms with Crippen molar-refractivity contribution in [3.63, 3.8) is 0 Å². The van der Waals surface area contributed by atoms with Crippen molar-refractivity contribution in [2.45, 2.75) is 25.9 Å². The van der Waals surface area contributed by atoms with Crippen LogP contribution in [0.5, 0.6) is 0 Å². The largest absolute Gasteiger partial charge is 0.359 e. The van der Waals surface area contributed by atoms with Crippen LogP contribution in [-0.2, 0) is 13.6 Å². The van der Waals surface area contributed by atoms with Gasteiger partial charge in [0.25, 0.3) is 0 Å². The summed E-state index contributed by atoms with van der Waals surface area (Å²) in [5.41, 5.74) is 0.156. The molecule has 0 unspecified atom stereocenters. The Labute approximate surface area is 93.4 Å². The molecule has 1 aromatic heterocycles. The third kappa shape index (κ3) is 2.50. The minimum atomic E-state index is 0.156. The van der Waals surface area contributed by atoms with Gasteiger partial charge in [-0.3, -0.25) is 4.99 Å². The summed E-state index contributed by atoms with van der Waals surface area (Å²) in [7, 11) is 1.93. The third-order valence-electron chi connectivity index (χ3n) is 2.18. The highest BCUT2D eigenvalue weighted by Gasteiger charge is 2.27. The van der Waals surface area contributed by atoms with Gasteiger partial charge in [-0.25, -0.2) is 0 Å². The maximum absolute atomic E-state index is 4.47. The molecule has 1 N–H and O–H groups in total. The van der Waals surface area contributed by atoms with Crippen LogP contribution in [0.15, 0.2) is 11.3 Å². The number of hydrogen-bond acceptors (Lipinski definition) is 4. The molecule has 82 valence electrons. The van der Waals surface area contributed by atoms with Gasteiger partial charge in [-0.1, -0.05) is 11.8 Å². The van der Waals surface area contributed by atoms with Crippen LogP contribution in [0.4, 0.5) is 0 Å². The smallest absolute Gasteiger partial charge is 0.157 e. The lowest BCUT2D eigenvalue weighted by Crippen LogP contribution is -2.36. The van der Waals surface area contributed by atoms with E-state index in [1.54, 1.807) is 18.1 Å². The summed E-state index contributed by atoms with van der Waals surface area (Å²) in [6.45, 7) is 4.93. The molecule has 0 spiro atoms. The number of rotatable bonds is 2. The SMILES string of the molecule is Cn1cnnc1CN=C1NC(C)(C)CS1. The van der Waals surface area contributed by atoms with Gasteiger partial charge in [0, 0.05) is 18.3 Å². The standard InChI is InChI=1S/C9H15N5S/c1-9(2)5-15-8(12-9)10-4-7-13-11-6-14(7)3/h6H,4-5H2,1-3H3,(H,10,12). The van der Waals surface area contributed by atoms with Crippen molar-refractivity contribution in [1.29, 1.82) is 0 Å². The highest BCUT2D eigenvalue weighted by Crippen LogP contribution is 2.22.